The Morgan fingerprint density at radius 3 is 2.68 bits per heavy atom. The van der Waals surface area contributed by atoms with E-state index in [2.05, 4.69) is 9.97 Å². The molecule has 4 rings (SSSR count). The maximum atomic E-state index is 13.8. The van der Waals surface area contributed by atoms with E-state index in [1.54, 1.807) is 6.92 Å². The number of aromatic nitrogens is 4. The van der Waals surface area contributed by atoms with Gasteiger partial charge in [-0.3, -0.25) is 14.0 Å². The molecule has 3 aromatic heterocycles. The molecule has 0 bridgehead atoms. The van der Waals surface area contributed by atoms with E-state index in [1.165, 1.54) is 40.4 Å². The molecule has 0 aliphatic carbocycles. The van der Waals surface area contributed by atoms with Gasteiger partial charge in [-0.05, 0) is 32.0 Å². The number of aldehydes is 1. The highest BCUT2D eigenvalue weighted by molar-refractivity contribution is 5.91. The van der Waals surface area contributed by atoms with Crippen molar-refractivity contribution in [2.24, 2.45) is 0 Å². The Morgan fingerprint density at radius 2 is 2.06 bits per heavy atom. The maximum Gasteiger partial charge on any atom is 0.418 e. The lowest BCUT2D eigenvalue weighted by atomic mass is 10.1. The molecule has 3 heterocycles. The number of carbonyl (C=O) groups is 2. The van der Waals surface area contributed by atoms with E-state index in [0.717, 1.165) is 6.07 Å². The molecule has 1 N–H and O–H groups in total. The second-order valence-electron chi connectivity index (χ2n) is 6.73. The Hall–Kier alpha value is -3.89. The van der Waals surface area contributed by atoms with Gasteiger partial charge in [0.15, 0.2) is 12.0 Å². The minimum Gasteiger partial charge on any atom is -0.461 e. The fraction of sp³-hybridized carbons (Fsp3) is 0.200. The SMILES string of the molecule is CCOC(=O)c1nc2c(=O)[nH]c3cc(C(F)(F)F)c(-n4ccc(C=O)c4)cc3n2c1C. The van der Waals surface area contributed by atoms with Crippen LogP contribution < -0.4 is 5.56 Å². The number of carbonyl (C=O) groups excluding carboxylic acids is 2. The molecule has 0 saturated heterocycles. The highest BCUT2D eigenvalue weighted by Gasteiger charge is 2.35. The number of esters is 1. The predicted molar refractivity (Wildman–Crippen MR) is 104 cm³/mol. The molecule has 1 aromatic carbocycles. The Morgan fingerprint density at radius 1 is 1.32 bits per heavy atom. The van der Waals surface area contributed by atoms with E-state index >= 15 is 0 Å². The summed E-state index contributed by atoms with van der Waals surface area (Å²) in [5, 5.41) is 0. The van der Waals surface area contributed by atoms with Crippen LogP contribution in [0.5, 0.6) is 0 Å². The van der Waals surface area contributed by atoms with Gasteiger partial charge in [-0.25, -0.2) is 9.78 Å². The van der Waals surface area contributed by atoms with Crippen molar-refractivity contribution in [1.82, 2.24) is 18.9 Å². The number of hydrogen-bond acceptors (Lipinski definition) is 5. The summed E-state index contributed by atoms with van der Waals surface area (Å²) in [7, 11) is 0. The molecule has 11 heteroatoms. The topological polar surface area (TPSA) is 98.5 Å². The standard InChI is InChI=1S/C20H15F3N4O4/c1-3-31-19(30)16-10(2)27-15-7-14(26-5-4-11(8-26)9-28)12(20(21,22)23)6-13(15)24-18(29)17(27)25-16/h4-9H,3H2,1-2H3,(H,24,29). The van der Waals surface area contributed by atoms with Crippen molar-refractivity contribution in [3.05, 3.63) is 63.5 Å². The van der Waals surface area contributed by atoms with Gasteiger partial charge in [0.05, 0.1) is 34.6 Å². The number of H-pyrrole nitrogens is 1. The first-order valence-corrected chi connectivity index (χ1v) is 9.12. The van der Waals surface area contributed by atoms with Crippen molar-refractivity contribution >= 4 is 28.9 Å². The van der Waals surface area contributed by atoms with Gasteiger partial charge in [0.2, 0.25) is 5.65 Å². The Balaban J connectivity index is 2.11. The summed E-state index contributed by atoms with van der Waals surface area (Å²) in [4.78, 5) is 42.1. The largest absolute Gasteiger partial charge is 0.461 e. The molecule has 0 atom stereocenters. The molecule has 0 saturated carbocycles. The molecular formula is C20H15F3N4O4. The summed E-state index contributed by atoms with van der Waals surface area (Å²) in [5.41, 5.74) is -1.73. The summed E-state index contributed by atoms with van der Waals surface area (Å²) in [6.07, 6.45) is -1.63. The number of nitrogens with zero attached hydrogens (tertiary/aromatic N) is 3. The number of hydrogen-bond donors (Lipinski definition) is 1. The van der Waals surface area contributed by atoms with Crippen molar-refractivity contribution < 1.29 is 27.5 Å². The highest BCUT2D eigenvalue weighted by atomic mass is 19.4. The molecule has 8 nitrogen and oxygen atoms in total. The monoisotopic (exact) mass is 432 g/mol. The highest BCUT2D eigenvalue weighted by Crippen LogP contribution is 2.36. The van der Waals surface area contributed by atoms with Crippen LogP contribution in [-0.4, -0.2) is 37.8 Å². The number of fused-ring (bicyclic) bond motifs is 3. The van der Waals surface area contributed by atoms with Crippen molar-refractivity contribution in [3.8, 4) is 5.69 Å². The quantitative estimate of drug-likeness (QED) is 0.394. The first-order chi connectivity index (χ1) is 14.7. The lowest BCUT2D eigenvalue weighted by Gasteiger charge is -2.16. The minimum atomic E-state index is -4.74. The van der Waals surface area contributed by atoms with Gasteiger partial charge in [-0.2, -0.15) is 13.2 Å². The number of aromatic amines is 1. The van der Waals surface area contributed by atoms with Gasteiger partial charge in [0.25, 0.3) is 5.56 Å². The Kier molecular flexibility index (Phi) is 4.68. The van der Waals surface area contributed by atoms with Crippen molar-refractivity contribution in [2.45, 2.75) is 20.0 Å². The summed E-state index contributed by atoms with van der Waals surface area (Å²) >= 11 is 0. The average Bonchev–Trinajstić information content (AvgIpc) is 3.32. The number of benzene rings is 1. The van der Waals surface area contributed by atoms with Crippen LogP contribution in [0.25, 0.3) is 22.4 Å². The molecule has 0 aliphatic heterocycles. The summed E-state index contributed by atoms with van der Waals surface area (Å²) in [6, 6.07) is 3.41. The van der Waals surface area contributed by atoms with Gasteiger partial charge in [-0.15, -0.1) is 0 Å². The summed E-state index contributed by atoms with van der Waals surface area (Å²) in [6.45, 7) is 3.22. The Labute approximate surface area is 171 Å². The van der Waals surface area contributed by atoms with E-state index in [0.29, 0.717) is 6.29 Å². The van der Waals surface area contributed by atoms with Gasteiger partial charge < -0.3 is 14.3 Å². The van der Waals surface area contributed by atoms with Crippen LogP contribution in [0.1, 0.15) is 39.0 Å². The molecule has 0 fully saturated rings. The number of rotatable bonds is 4. The van der Waals surface area contributed by atoms with Crippen molar-refractivity contribution in [2.75, 3.05) is 6.61 Å². The van der Waals surface area contributed by atoms with Crippen LogP contribution in [0.3, 0.4) is 0 Å². The Bertz CT molecular complexity index is 1410. The molecule has 4 aromatic rings. The number of nitrogens with one attached hydrogen (secondary N) is 1. The summed E-state index contributed by atoms with van der Waals surface area (Å²) in [5.74, 6) is -0.746. The second kappa shape index (κ2) is 7.11. The fourth-order valence-electron chi connectivity index (χ4n) is 3.46. The normalized spacial score (nSPS) is 11.9. The number of aryl methyl sites for hydroxylation is 1. The lowest BCUT2D eigenvalue weighted by molar-refractivity contribution is -0.137. The molecule has 0 aliphatic rings. The third-order valence-electron chi connectivity index (χ3n) is 4.82. The maximum absolute atomic E-state index is 13.8. The van der Waals surface area contributed by atoms with Crippen LogP contribution >= 0.6 is 0 Å². The predicted octanol–water partition coefficient (Wildman–Crippen LogP) is 3.28. The number of alkyl halides is 3. The lowest BCUT2D eigenvalue weighted by Crippen LogP contribution is -2.15. The first-order valence-electron chi connectivity index (χ1n) is 9.12. The van der Waals surface area contributed by atoms with Crippen LogP contribution in [0.4, 0.5) is 13.2 Å². The van der Waals surface area contributed by atoms with Crippen molar-refractivity contribution in [1.29, 1.82) is 0 Å². The zero-order valence-corrected chi connectivity index (χ0v) is 16.3. The number of ether oxygens (including phenoxy) is 1. The van der Waals surface area contributed by atoms with Gasteiger partial charge in [0, 0.05) is 18.0 Å². The molecule has 0 unspecified atom stereocenters. The zero-order valence-electron chi connectivity index (χ0n) is 16.3. The van der Waals surface area contributed by atoms with Gasteiger partial charge in [0.1, 0.15) is 0 Å². The smallest absolute Gasteiger partial charge is 0.418 e. The van der Waals surface area contributed by atoms with Gasteiger partial charge >= 0.3 is 12.1 Å². The van der Waals surface area contributed by atoms with E-state index in [-0.39, 0.29) is 45.9 Å². The number of halogens is 3. The molecule has 0 amide bonds. The van der Waals surface area contributed by atoms with Crippen molar-refractivity contribution in [3.63, 3.8) is 0 Å². The zero-order chi connectivity index (χ0) is 22.5. The third kappa shape index (κ3) is 3.27. The molecule has 0 radical (unpaired) electrons. The fourth-order valence-corrected chi connectivity index (χ4v) is 3.46. The molecular weight excluding hydrogens is 417 g/mol. The van der Waals surface area contributed by atoms with E-state index < -0.39 is 23.3 Å². The molecule has 0 spiro atoms. The van der Waals surface area contributed by atoms with Crippen LogP contribution in [-0.2, 0) is 10.9 Å². The van der Waals surface area contributed by atoms with E-state index in [4.69, 9.17) is 4.74 Å². The minimum absolute atomic E-state index is 0.0905. The third-order valence-corrected chi connectivity index (χ3v) is 4.82. The van der Waals surface area contributed by atoms with E-state index in [9.17, 15) is 27.6 Å². The number of imidazole rings is 1. The van der Waals surface area contributed by atoms with Gasteiger partial charge in [-0.1, -0.05) is 0 Å². The average molecular weight is 432 g/mol. The molecule has 31 heavy (non-hydrogen) atoms. The second-order valence-corrected chi connectivity index (χ2v) is 6.73. The van der Waals surface area contributed by atoms with Crippen LogP contribution in [0.15, 0.2) is 35.4 Å². The van der Waals surface area contributed by atoms with Crippen LogP contribution in [0.2, 0.25) is 0 Å². The summed E-state index contributed by atoms with van der Waals surface area (Å²) < 4.78 is 48.8. The molecule has 160 valence electrons. The van der Waals surface area contributed by atoms with Crippen LogP contribution in [0, 0.1) is 6.92 Å². The first kappa shape index (κ1) is 20.4. The van der Waals surface area contributed by atoms with E-state index in [1.807, 2.05) is 0 Å².